The number of carbonyl (C=O) groups is 3. The summed E-state index contributed by atoms with van der Waals surface area (Å²) in [7, 11) is 0. The van der Waals surface area contributed by atoms with Gasteiger partial charge in [-0.2, -0.15) is 0 Å². The number of urea groups is 1. The third-order valence-electron chi connectivity index (χ3n) is 5.67. The molecule has 2 aliphatic rings. The van der Waals surface area contributed by atoms with E-state index in [9.17, 15) is 14.4 Å². The molecule has 0 aromatic heterocycles. The van der Waals surface area contributed by atoms with Crippen LogP contribution in [-0.2, 0) is 9.59 Å². The van der Waals surface area contributed by atoms with Crippen molar-refractivity contribution < 1.29 is 14.4 Å². The fourth-order valence-electron chi connectivity index (χ4n) is 4.27. The van der Waals surface area contributed by atoms with Crippen LogP contribution < -0.4 is 10.6 Å². The standard InChI is InChI=1S/C21H23N3O3/c1-14(16-10-6-8-15-7-2-3-9-17(15)16)22-18(25)13-24-19(26)21(23-20(24)27)11-4-5-12-21/h2-3,6-10,14H,4-5,11-13H2,1H3,(H,22,25)(H,23,27)/t14-/m1/s1. The highest BCUT2D eigenvalue weighted by atomic mass is 16.2. The second-order valence-electron chi connectivity index (χ2n) is 7.47. The van der Waals surface area contributed by atoms with Crippen molar-refractivity contribution in [2.45, 2.75) is 44.2 Å². The van der Waals surface area contributed by atoms with Gasteiger partial charge in [0.15, 0.2) is 0 Å². The van der Waals surface area contributed by atoms with Crippen molar-refractivity contribution in [1.82, 2.24) is 15.5 Å². The Morgan fingerprint density at radius 1 is 1.15 bits per heavy atom. The molecule has 4 amide bonds. The summed E-state index contributed by atoms with van der Waals surface area (Å²) in [5.41, 5.74) is 0.226. The molecule has 4 rings (SSSR count). The van der Waals surface area contributed by atoms with E-state index < -0.39 is 11.6 Å². The lowest BCUT2D eigenvalue weighted by atomic mass is 9.98. The molecular weight excluding hydrogens is 342 g/mol. The first kappa shape index (κ1) is 17.5. The highest BCUT2D eigenvalue weighted by molar-refractivity contribution is 6.09. The van der Waals surface area contributed by atoms with Crippen molar-refractivity contribution in [2.75, 3.05) is 6.54 Å². The lowest BCUT2D eigenvalue weighted by Gasteiger charge is -2.21. The van der Waals surface area contributed by atoms with Crippen LogP contribution in [0.25, 0.3) is 10.8 Å². The molecule has 0 radical (unpaired) electrons. The number of nitrogens with zero attached hydrogens (tertiary/aromatic N) is 1. The molecule has 0 bridgehead atoms. The van der Waals surface area contributed by atoms with Crippen molar-refractivity contribution in [3.8, 4) is 0 Å². The normalized spacial score (nSPS) is 19.5. The molecule has 6 nitrogen and oxygen atoms in total. The lowest BCUT2D eigenvalue weighted by Crippen LogP contribution is -2.45. The largest absolute Gasteiger partial charge is 0.348 e. The molecular formula is C21H23N3O3. The SMILES string of the molecule is C[C@@H](NC(=O)CN1C(=O)NC2(CCCC2)C1=O)c1cccc2ccccc12. The molecule has 6 heteroatoms. The van der Waals surface area contributed by atoms with Gasteiger partial charge in [0.25, 0.3) is 5.91 Å². The number of amides is 4. The van der Waals surface area contributed by atoms with Crippen molar-refractivity contribution in [2.24, 2.45) is 0 Å². The maximum atomic E-state index is 12.7. The molecule has 2 N–H and O–H groups in total. The maximum Gasteiger partial charge on any atom is 0.325 e. The van der Waals surface area contributed by atoms with Gasteiger partial charge in [-0.05, 0) is 36.1 Å². The zero-order valence-electron chi connectivity index (χ0n) is 15.3. The van der Waals surface area contributed by atoms with Crippen LogP contribution in [0.15, 0.2) is 42.5 Å². The lowest BCUT2D eigenvalue weighted by molar-refractivity contribution is -0.135. The van der Waals surface area contributed by atoms with E-state index in [1.165, 1.54) is 0 Å². The Balaban J connectivity index is 1.46. The number of hydrogen-bond acceptors (Lipinski definition) is 3. The average molecular weight is 365 g/mol. The Morgan fingerprint density at radius 3 is 2.63 bits per heavy atom. The molecule has 2 fully saturated rings. The maximum absolute atomic E-state index is 12.7. The fourth-order valence-corrected chi connectivity index (χ4v) is 4.27. The van der Waals surface area contributed by atoms with Crippen LogP contribution in [0.5, 0.6) is 0 Å². The van der Waals surface area contributed by atoms with Crippen molar-refractivity contribution in [1.29, 1.82) is 0 Å². The predicted molar refractivity (Wildman–Crippen MR) is 102 cm³/mol. The Labute approximate surface area is 157 Å². The number of fused-ring (bicyclic) bond motifs is 1. The average Bonchev–Trinajstić information content (AvgIpc) is 3.22. The third-order valence-corrected chi connectivity index (χ3v) is 5.67. The van der Waals surface area contributed by atoms with Gasteiger partial charge in [0, 0.05) is 0 Å². The van der Waals surface area contributed by atoms with Crippen molar-refractivity contribution in [3.05, 3.63) is 48.0 Å². The van der Waals surface area contributed by atoms with Crippen LogP contribution in [0.2, 0.25) is 0 Å². The zero-order valence-corrected chi connectivity index (χ0v) is 15.3. The molecule has 1 spiro atoms. The smallest absolute Gasteiger partial charge is 0.325 e. The Kier molecular flexibility index (Phi) is 4.34. The molecule has 1 saturated carbocycles. The minimum absolute atomic E-state index is 0.232. The quantitative estimate of drug-likeness (QED) is 0.818. The minimum atomic E-state index is -0.779. The van der Waals surface area contributed by atoms with E-state index >= 15 is 0 Å². The number of nitrogens with one attached hydrogen (secondary N) is 2. The van der Waals surface area contributed by atoms with E-state index in [1.54, 1.807) is 0 Å². The van der Waals surface area contributed by atoms with Gasteiger partial charge in [0.2, 0.25) is 5.91 Å². The van der Waals surface area contributed by atoms with Crippen LogP contribution >= 0.6 is 0 Å². The van der Waals surface area contributed by atoms with Crippen LogP contribution in [0.1, 0.15) is 44.2 Å². The summed E-state index contributed by atoms with van der Waals surface area (Å²) in [5, 5.41) is 7.91. The Bertz CT molecular complexity index is 913. The van der Waals surface area contributed by atoms with Crippen molar-refractivity contribution >= 4 is 28.6 Å². The number of carbonyl (C=O) groups excluding carboxylic acids is 3. The summed E-state index contributed by atoms with van der Waals surface area (Å²) in [6.45, 7) is 1.66. The summed E-state index contributed by atoms with van der Waals surface area (Å²) in [6, 6.07) is 13.3. The van der Waals surface area contributed by atoms with Crippen LogP contribution in [0.4, 0.5) is 4.79 Å². The van der Waals surface area contributed by atoms with Gasteiger partial charge in [-0.15, -0.1) is 0 Å². The first-order valence-corrected chi connectivity index (χ1v) is 9.41. The molecule has 140 valence electrons. The number of imide groups is 1. The highest BCUT2D eigenvalue weighted by Gasteiger charge is 2.52. The van der Waals surface area contributed by atoms with Gasteiger partial charge in [0.05, 0.1) is 6.04 Å². The van der Waals surface area contributed by atoms with Gasteiger partial charge in [0.1, 0.15) is 12.1 Å². The first-order valence-electron chi connectivity index (χ1n) is 9.41. The monoisotopic (exact) mass is 365 g/mol. The number of benzene rings is 2. The summed E-state index contributed by atoms with van der Waals surface area (Å²) < 4.78 is 0. The van der Waals surface area contributed by atoms with Gasteiger partial charge >= 0.3 is 6.03 Å². The first-order chi connectivity index (χ1) is 13.0. The van der Waals surface area contributed by atoms with Crippen molar-refractivity contribution in [3.63, 3.8) is 0 Å². The predicted octanol–water partition coefficient (Wildman–Crippen LogP) is 2.88. The van der Waals surface area contributed by atoms with Crippen LogP contribution in [-0.4, -0.2) is 34.8 Å². The van der Waals surface area contributed by atoms with Crippen LogP contribution in [0.3, 0.4) is 0 Å². The molecule has 1 saturated heterocycles. The number of rotatable bonds is 4. The molecule has 1 heterocycles. The van der Waals surface area contributed by atoms with E-state index in [0.29, 0.717) is 12.8 Å². The molecule has 1 aliphatic heterocycles. The van der Waals surface area contributed by atoms with E-state index in [1.807, 2.05) is 49.4 Å². The zero-order chi connectivity index (χ0) is 19.0. The highest BCUT2D eigenvalue weighted by Crippen LogP contribution is 2.35. The van der Waals surface area contributed by atoms with Gasteiger partial charge in [-0.1, -0.05) is 55.3 Å². The molecule has 0 unspecified atom stereocenters. The fraction of sp³-hybridized carbons (Fsp3) is 0.381. The van der Waals surface area contributed by atoms with E-state index in [0.717, 1.165) is 34.1 Å². The minimum Gasteiger partial charge on any atom is -0.348 e. The van der Waals surface area contributed by atoms with E-state index in [4.69, 9.17) is 0 Å². The number of hydrogen-bond donors (Lipinski definition) is 2. The Morgan fingerprint density at radius 2 is 1.85 bits per heavy atom. The van der Waals surface area contributed by atoms with Gasteiger partial charge in [-0.3, -0.25) is 14.5 Å². The van der Waals surface area contributed by atoms with Gasteiger partial charge in [-0.25, -0.2) is 4.79 Å². The summed E-state index contributed by atoms with van der Waals surface area (Å²) in [6.07, 6.45) is 3.15. The second-order valence-corrected chi connectivity index (χ2v) is 7.47. The summed E-state index contributed by atoms with van der Waals surface area (Å²) in [5.74, 6) is -0.605. The summed E-state index contributed by atoms with van der Waals surface area (Å²) in [4.78, 5) is 38.5. The van der Waals surface area contributed by atoms with Crippen LogP contribution in [0, 0.1) is 0 Å². The van der Waals surface area contributed by atoms with E-state index in [-0.39, 0.29) is 24.4 Å². The molecule has 1 aliphatic carbocycles. The molecule has 1 atom stereocenters. The van der Waals surface area contributed by atoms with E-state index in [2.05, 4.69) is 10.6 Å². The Hall–Kier alpha value is -2.89. The summed E-state index contributed by atoms with van der Waals surface area (Å²) >= 11 is 0. The third kappa shape index (κ3) is 3.05. The second kappa shape index (κ2) is 6.68. The van der Waals surface area contributed by atoms with Gasteiger partial charge < -0.3 is 10.6 Å². The molecule has 2 aromatic carbocycles. The molecule has 27 heavy (non-hydrogen) atoms. The topological polar surface area (TPSA) is 78.5 Å². The molecule has 2 aromatic rings.